The molecule has 0 radical (unpaired) electrons. The van der Waals surface area contributed by atoms with E-state index in [9.17, 15) is 5.11 Å². The van der Waals surface area contributed by atoms with Gasteiger partial charge in [0.1, 0.15) is 6.61 Å². The number of benzene rings is 2. The summed E-state index contributed by atoms with van der Waals surface area (Å²) in [7, 11) is 2.04. The van der Waals surface area contributed by atoms with Crippen molar-refractivity contribution < 1.29 is 9.84 Å². The van der Waals surface area contributed by atoms with E-state index in [0.717, 1.165) is 5.56 Å². The number of hydrogen-bond acceptors (Lipinski definition) is 2. The molecular weight excluding hydrogens is 250 g/mol. The largest absolute Gasteiger partial charge is 0.504 e. The van der Waals surface area contributed by atoms with E-state index in [1.165, 1.54) is 16.5 Å². The van der Waals surface area contributed by atoms with Crippen LogP contribution in [0.5, 0.6) is 11.5 Å². The van der Waals surface area contributed by atoms with E-state index in [2.05, 4.69) is 35.9 Å². The highest BCUT2D eigenvalue weighted by molar-refractivity contribution is 5.86. The molecule has 20 heavy (non-hydrogen) atoms. The molecule has 3 rings (SSSR count). The van der Waals surface area contributed by atoms with E-state index in [1.807, 2.05) is 13.1 Å². The van der Waals surface area contributed by atoms with Crippen molar-refractivity contribution in [1.82, 2.24) is 4.57 Å². The van der Waals surface area contributed by atoms with Gasteiger partial charge in [-0.2, -0.15) is 0 Å². The van der Waals surface area contributed by atoms with Crippen molar-refractivity contribution in [1.29, 1.82) is 0 Å². The Hall–Kier alpha value is -2.42. The zero-order valence-electron chi connectivity index (χ0n) is 11.6. The molecular formula is C17H17NO2. The van der Waals surface area contributed by atoms with Crippen molar-refractivity contribution in [3.05, 3.63) is 59.8 Å². The van der Waals surface area contributed by atoms with Crippen LogP contribution in [0.15, 0.2) is 48.7 Å². The van der Waals surface area contributed by atoms with Gasteiger partial charge in [-0.15, -0.1) is 0 Å². The topological polar surface area (TPSA) is 34.4 Å². The van der Waals surface area contributed by atoms with Crippen molar-refractivity contribution in [2.24, 2.45) is 7.05 Å². The lowest BCUT2D eigenvalue weighted by Gasteiger charge is -2.07. The number of fused-ring (bicyclic) bond motifs is 1. The van der Waals surface area contributed by atoms with Gasteiger partial charge in [0.05, 0.1) is 5.52 Å². The minimum Gasteiger partial charge on any atom is -0.504 e. The van der Waals surface area contributed by atoms with Crippen LogP contribution >= 0.6 is 0 Å². The molecule has 0 aliphatic rings. The number of para-hydroxylation sites is 3. The van der Waals surface area contributed by atoms with Crippen LogP contribution in [0.25, 0.3) is 10.9 Å². The first-order chi connectivity index (χ1) is 9.66. The number of rotatable bonds is 3. The molecule has 0 unspecified atom stereocenters. The summed E-state index contributed by atoms with van der Waals surface area (Å²) < 4.78 is 7.84. The molecule has 0 spiro atoms. The van der Waals surface area contributed by atoms with Gasteiger partial charge >= 0.3 is 0 Å². The minimum absolute atomic E-state index is 0.170. The fourth-order valence-corrected chi connectivity index (χ4v) is 2.60. The lowest BCUT2D eigenvalue weighted by atomic mass is 10.1. The summed E-state index contributed by atoms with van der Waals surface area (Å²) >= 11 is 0. The van der Waals surface area contributed by atoms with E-state index in [4.69, 9.17) is 4.74 Å². The summed E-state index contributed by atoms with van der Waals surface area (Å²) in [6.07, 6.45) is 2.08. The van der Waals surface area contributed by atoms with Gasteiger partial charge in [-0.3, -0.25) is 0 Å². The lowest BCUT2D eigenvalue weighted by molar-refractivity contribution is 0.290. The first-order valence-corrected chi connectivity index (χ1v) is 6.61. The maximum atomic E-state index is 9.72. The molecule has 0 aliphatic carbocycles. The van der Waals surface area contributed by atoms with E-state index in [0.29, 0.717) is 12.4 Å². The molecule has 3 aromatic rings. The van der Waals surface area contributed by atoms with E-state index >= 15 is 0 Å². The van der Waals surface area contributed by atoms with Gasteiger partial charge in [0, 0.05) is 24.2 Å². The van der Waals surface area contributed by atoms with Crippen LogP contribution in [0.3, 0.4) is 0 Å². The van der Waals surface area contributed by atoms with Gasteiger partial charge in [-0.1, -0.05) is 30.3 Å². The zero-order chi connectivity index (χ0) is 14.1. The third kappa shape index (κ3) is 2.11. The highest BCUT2D eigenvalue weighted by atomic mass is 16.5. The number of nitrogens with zero attached hydrogens (tertiary/aromatic N) is 1. The second-order valence-electron chi connectivity index (χ2n) is 4.99. The summed E-state index contributed by atoms with van der Waals surface area (Å²) in [5.74, 6) is 0.682. The van der Waals surface area contributed by atoms with E-state index < -0.39 is 0 Å². The molecule has 0 amide bonds. The maximum absolute atomic E-state index is 9.72. The molecule has 2 aromatic carbocycles. The summed E-state index contributed by atoms with van der Waals surface area (Å²) in [5.41, 5.74) is 3.59. The van der Waals surface area contributed by atoms with Crippen LogP contribution in [0, 0.1) is 6.92 Å². The van der Waals surface area contributed by atoms with Gasteiger partial charge in [-0.25, -0.2) is 0 Å². The van der Waals surface area contributed by atoms with Crippen LogP contribution in [-0.2, 0) is 13.7 Å². The third-order valence-electron chi connectivity index (χ3n) is 3.53. The second-order valence-corrected chi connectivity index (χ2v) is 4.99. The highest BCUT2D eigenvalue weighted by Gasteiger charge is 2.09. The maximum Gasteiger partial charge on any atom is 0.161 e. The number of phenolic OH excluding ortho intramolecular Hbond substituents is 1. The van der Waals surface area contributed by atoms with E-state index in [1.54, 1.807) is 18.2 Å². The van der Waals surface area contributed by atoms with Gasteiger partial charge < -0.3 is 14.4 Å². The molecule has 0 atom stereocenters. The van der Waals surface area contributed by atoms with Crippen LogP contribution in [-0.4, -0.2) is 9.67 Å². The average molecular weight is 267 g/mol. The van der Waals surface area contributed by atoms with E-state index in [-0.39, 0.29) is 5.75 Å². The van der Waals surface area contributed by atoms with Crippen LogP contribution < -0.4 is 4.74 Å². The third-order valence-corrected chi connectivity index (χ3v) is 3.53. The molecule has 3 heteroatoms. The first kappa shape index (κ1) is 12.6. The summed E-state index contributed by atoms with van der Waals surface area (Å²) in [5, 5.41) is 10.9. The Bertz CT molecular complexity index is 759. The number of aromatic nitrogens is 1. The highest BCUT2D eigenvalue weighted by Crippen LogP contribution is 2.28. The lowest BCUT2D eigenvalue weighted by Crippen LogP contribution is -1.94. The smallest absolute Gasteiger partial charge is 0.161 e. The molecule has 1 N–H and O–H groups in total. The number of phenols is 1. The molecule has 0 bridgehead atoms. The summed E-state index contributed by atoms with van der Waals surface area (Å²) in [6.45, 7) is 2.55. The monoisotopic (exact) mass is 267 g/mol. The van der Waals surface area contributed by atoms with Gasteiger partial charge in [0.2, 0.25) is 0 Å². The molecule has 0 fully saturated rings. The van der Waals surface area contributed by atoms with Crippen LogP contribution in [0.1, 0.15) is 11.1 Å². The Labute approximate surface area is 118 Å². The predicted molar refractivity (Wildman–Crippen MR) is 80.1 cm³/mol. The molecule has 102 valence electrons. The van der Waals surface area contributed by atoms with Gasteiger partial charge in [0.15, 0.2) is 11.5 Å². The number of aromatic hydroxyl groups is 1. The van der Waals surface area contributed by atoms with Crippen LogP contribution in [0.4, 0.5) is 0 Å². The first-order valence-electron chi connectivity index (χ1n) is 6.61. The molecule has 0 saturated carbocycles. The van der Waals surface area contributed by atoms with Gasteiger partial charge in [-0.05, 0) is 24.6 Å². The second kappa shape index (κ2) is 4.93. The van der Waals surface area contributed by atoms with Crippen molar-refractivity contribution in [3.8, 4) is 11.5 Å². The Morgan fingerprint density at radius 1 is 1.10 bits per heavy atom. The Morgan fingerprint density at radius 3 is 2.70 bits per heavy atom. The number of hydrogen-bond donors (Lipinski definition) is 1. The standard InChI is InChI=1S/C17H17NO2/c1-12-6-5-7-14-13(10-18(2)17(12)14)11-20-16-9-4-3-8-15(16)19/h3-10,19H,11H2,1-2H3. The van der Waals surface area contributed by atoms with Crippen molar-refractivity contribution in [3.63, 3.8) is 0 Å². The quantitative estimate of drug-likeness (QED) is 0.783. The number of ether oxygens (including phenoxy) is 1. The Kier molecular flexibility index (Phi) is 3.11. The molecule has 0 aliphatic heterocycles. The molecule has 3 nitrogen and oxygen atoms in total. The van der Waals surface area contributed by atoms with Crippen molar-refractivity contribution in [2.75, 3.05) is 0 Å². The molecule has 1 aromatic heterocycles. The summed E-state index contributed by atoms with van der Waals surface area (Å²) in [6, 6.07) is 13.3. The Balaban J connectivity index is 1.93. The molecule has 0 saturated heterocycles. The normalized spacial score (nSPS) is 10.9. The van der Waals surface area contributed by atoms with Gasteiger partial charge in [0.25, 0.3) is 0 Å². The van der Waals surface area contributed by atoms with Crippen LogP contribution in [0.2, 0.25) is 0 Å². The minimum atomic E-state index is 0.170. The fourth-order valence-electron chi connectivity index (χ4n) is 2.60. The average Bonchev–Trinajstić information content (AvgIpc) is 2.76. The van der Waals surface area contributed by atoms with Crippen molar-refractivity contribution in [2.45, 2.75) is 13.5 Å². The molecule has 1 heterocycles. The SMILES string of the molecule is Cc1cccc2c(COc3ccccc3O)cn(C)c12. The zero-order valence-corrected chi connectivity index (χ0v) is 11.6. The summed E-state index contributed by atoms with van der Waals surface area (Å²) in [4.78, 5) is 0. The van der Waals surface area contributed by atoms with Crippen molar-refractivity contribution >= 4 is 10.9 Å². The fraction of sp³-hybridized carbons (Fsp3) is 0.176. The predicted octanol–water partition coefficient (Wildman–Crippen LogP) is 3.77. The Morgan fingerprint density at radius 2 is 1.90 bits per heavy atom. The number of aryl methyl sites for hydroxylation is 2.